The predicted molar refractivity (Wildman–Crippen MR) is 74.5 cm³/mol. The number of aryl methyl sites for hydroxylation is 1. The molecule has 1 aromatic rings. The maximum Gasteiger partial charge on any atom is 0.123 e. The Kier molecular flexibility index (Phi) is 4.76. The topological polar surface area (TPSA) is 3.24 Å². The van der Waals surface area contributed by atoms with E-state index >= 15 is 0 Å². The molecule has 1 saturated heterocycles. The van der Waals surface area contributed by atoms with Crippen LogP contribution in [-0.2, 0) is 0 Å². The van der Waals surface area contributed by atoms with Crippen LogP contribution in [-0.4, -0.2) is 24.5 Å². The van der Waals surface area contributed by atoms with E-state index in [0.717, 1.165) is 12.1 Å². The van der Waals surface area contributed by atoms with Gasteiger partial charge in [0.15, 0.2) is 0 Å². The highest BCUT2D eigenvalue weighted by molar-refractivity contribution is 5.30. The van der Waals surface area contributed by atoms with Crippen LogP contribution in [0.25, 0.3) is 0 Å². The first-order valence-corrected chi connectivity index (χ1v) is 7.19. The van der Waals surface area contributed by atoms with Crippen molar-refractivity contribution < 1.29 is 4.39 Å². The third kappa shape index (κ3) is 3.32. The van der Waals surface area contributed by atoms with Gasteiger partial charge < -0.3 is 4.90 Å². The number of halogens is 1. The van der Waals surface area contributed by atoms with Gasteiger partial charge in [-0.3, -0.25) is 0 Å². The standard InChI is InChI=1S/C16H24FN/c1-3-4-5-9-18-10-8-14(12-18)16-7-6-15(17)11-13(16)2/h6-7,11,14H,3-5,8-10,12H2,1-2H3. The molecule has 1 nitrogen and oxygen atoms in total. The zero-order chi connectivity index (χ0) is 13.0. The van der Waals surface area contributed by atoms with Crippen LogP contribution >= 0.6 is 0 Å². The molecule has 0 aromatic heterocycles. The summed E-state index contributed by atoms with van der Waals surface area (Å²) in [5.74, 6) is 0.487. The average molecular weight is 249 g/mol. The summed E-state index contributed by atoms with van der Waals surface area (Å²) < 4.78 is 13.1. The zero-order valence-electron chi connectivity index (χ0n) is 11.6. The summed E-state index contributed by atoms with van der Waals surface area (Å²) >= 11 is 0. The molecule has 0 N–H and O–H groups in total. The normalized spacial score (nSPS) is 20.5. The maximum absolute atomic E-state index is 13.1. The number of unbranched alkanes of at least 4 members (excludes halogenated alkanes) is 2. The Bertz CT molecular complexity index is 389. The Hall–Kier alpha value is -0.890. The van der Waals surface area contributed by atoms with Gasteiger partial charge in [0.1, 0.15) is 5.82 Å². The van der Waals surface area contributed by atoms with Crippen molar-refractivity contribution in [2.75, 3.05) is 19.6 Å². The number of benzene rings is 1. The van der Waals surface area contributed by atoms with Crippen molar-refractivity contribution >= 4 is 0 Å². The highest BCUT2D eigenvalue weighted by Gasteiger charge is 2.24. The third-order valence-corrected chi connectivity index (χ3v) is 4.02. The Morgan fingerprint density at radius 2 is 2.17 bits per heavy atom. The van der Waals surface area contributed by atoms with Crippen LogP contribution in [0.4, 0.5) is 4.39 Å². The minimum absolute atomic E-state index is 0.117. The van der Waals surface area contributed by atoms with Crippen molar-refractivity contribution in [1.82, 2.24) is 4.90 Å². The fourth-order valence-electron chi connectivity index (χ4n) is 2.97. The number of hydrogen-bond acceptors (Lipinski definition) is 1. The number of rotatable bonds is 5. The van der Waals surface area contributed by atoms with Gasteiger partial charge in [0.25, 0.3) is 0 Å². The molecule has 0 spiro atoms. The minimum Gasteiger partial charge on any atom is -0.303 e. The second-order valence-corrected chi connectivity index (χ2v) is 5.49. The quantitative estimate of drug-likeness (QED) is 0.710. The van der Waals surface area contributed by atoms with Gasteiger partial charge in [0.05, 0.1) is 0 Å². The predicted octanol–water partition coefficient (Wildman–Crippen LogP) is 4.11. The molecular formula is C16H24FN. The summed E-state index contributed by atoms with van der Waals surface area (Å²) in [7, 11) is 0. The van der Waals surface area contributed by atoms with E-state index in [0.29, 0.717) is 5.92 Å². The average Bonchev–Trinajstić information content (AvgIpc) is 2.78. The van der Waals surface area contributed by atoms with Gasteiger partial charge in [0, 0.05) is 6.54 Å². The molecule has 0 aliphatic carbocycles. The monoisotopic (exact) mass is 249 g/mol. The summed E-state index contributed by atoms with van der Waals surface area (Å²) in [4.78, 5) is 2.56. The molecule has 18 heavy (non-hydrogen) atoms. The number of hydrogen-bond donors (Lipinski definition) is 0. The molecule has 0 bridgehead atoms. The van der Waals surface area contributed by atoms with Crippen LogP contribution in [0.15, 0.2) is 18.2 Å². The van der Waals surface area contributed by atoms with E-state index in [2.05, 4.69) is 11.8 Å². The zero-order valence-corrected chi connectivity index (χ0v) is 11.6. The highest BCUT2D eigenvalue weighted by atomic mass is 19.1. The van der Waals surface area contributed by atoms with Crippen molar-refractivity contribution in [3.63, 3.8) is 0 Å². The molecule has 0 radical (unpaired) electrons. The van der Waals surface area contributed by atoms with E-state index in [1.807, 2.05) is 13.0 Å². The molecule has 0 saturated carbocycles. The first kappa shape index (κ1) is 13.5. The van der Waals surface area contributed by atoms with Crippen molar-refractivity contribution in [2.24, 2.45) is 0 Å². The lowest BCUT2D eigenvalue weighted by atomic mass is 9.94. The summed E-state index contributed by atoms with van der Waals surface area (Å²) in [6.45, 7) is 7.85. The Morgan fingerprint density at radius 1 is 1.33 bits per heavy atom. The molecule has 1 fully saturated rings. The molecule has 100 valence electrons. The van der Waals surface area contributed by atoms with Gasteiger partial charge in [-0.1, -0.05) is 25.8 Å². The van der Waals surface area contributed by atoms with Crippen molar-refractivity contribution in [2.45, 2.75) is 45.4 Å². The summed E-state index contributed by atoms with van der Waals surface area (Å²) in [6.07, 6.45) is 5.15. The first-order valence-electron chi connectivity index (χ1n) is 7.19. The van der Waals surface area contributed by atoms with Crippen LogP contribution in [0.1, 0.15) is 49.7 Å². The van der Waals surface area contributed by atoms with E-state index in [-0.39, 0.29) is 5.82 Å². The van der Waals surface area contributed by atoms with Gasteiger partial charge in [-0.2, -0.15) is 0 Å². The molecule has 2 heteroatoms. The lowest BCUT2D eigenvalue weighted by Gasteiger charge is -2.17. The molecule has 2 rings (SSSR count). The fourth-order valence-corrected chi connectivity index (χ4v) is 2.97. The van der Waals surface area contributed by atoms with Gasteiger partial charge in [-0.05, 0) is 62.0 Å². The van der Waals surface area contributed by atoms with Crippen LogP contribution in [0.2, 0.25) is 0 Å². The van der Waals surface area contributed by atoms with E-state index in [1.54, 1.807) is 12.1 Å². The van der Waals surface area contributed by atoms with Crippen LogP contribution in [0.3, 0.4) is 0 Å². The molecule has 1 heterocycles. The molecule has 0 amide bonds. The van der Waals surface area contributed by atoms with Crippen LogP contribution in [0.5, 0.6) is 0 Å². The van der Waals surface area contributed by atoms with E-state index in [4.69, 9.17) is 0 Å². The van der Waals surface area contributed by atoms with Crippen LogP contribution in [0, 0.1) is 12.7 Å². The number of likely N-dealkylation sites (tertiary alicyclic amines) is 1. The summed E-state index contributed by atoms with van der Waals surface area (Å²) in [6, 6.07) is 5.24. The molecule has 1 aromatic carbocycles. The van der Waals surface area contributed by atoms with Gasteiger partial charge in [0.2, 0.25) is 0 Å². The third-order valence-electron chi connectivity index (χ3n) is 4.02. The van der Waals surface area contributed by atoms with E-state index < -0.39 is 0 Å². The molecule has 1 aliphatic rings. The number of nitrogens with zero attached hydrogens (tertiary/aromatic N) is 1. The van der Waals surface area contributed by atoms with Crippen molar-refractivity contribution in [3.8, 4) is 0 Å². The van der Waals surface area contributed by atoms with Gasteiger partial charge in [-0.15, -0.1) is 0 Å². The van der Waals surface area contributed by atoms with Gasteiger partial charge >= 0.3 is 0 Å². The van der Waals surface area contributed by atoms with Gasteiger partial charge in [-0.25, -0.2) is 4.39 Å². The lowest BCUT2D eigenvalue weighted by molar-refractivity contribution is 0.325. The van der Waals surface area contributed by atoms with E-state index in [9.17, 15) is 4.39 Å². The minimum atomic E-state index is -0.117. The second-order valence-electron chi connectivity index (χ2n) is 5.49. The van der Waals surface area contributed by atoms with Crippen molar-refractivity contribution in [1.29, 1.82) is 0 Å². The molecule has 1 unspecified atom stereocenters. The lowest BCUT2D eigenvalue weighted by Crippen LogP contribution is -2.21. The second kappa shape index (κ2) is 6.33. The van der Waals surface area contributed by atoms with Crippen molar-refractivity contribution in [3.05, 3.63) is 35.1 Å². The largest absolute Gasteiger partial charge is 0.303 e. The Balaban J connectivity index is 1.91. The SMILES string of the molecule is CCCCCN1CCC(c2ccc(F)cc2C)C1. The fraction of sp³-hybridized carbons (Fsp3) is 0.625. The first-order chi connectivity index (χ1) is 8.70. The van der Waals surface area contributed by atoms with Crippen LogP contribution < -0.4 is 0 Å². The Morgan fingerprint density at radius 3 is 2.89 bits per heavy atom. The smallest absolute Gasteiger partial charge is 0.123 e. The molecule has 1 aliphatic heterocycles. The molecular weight excluding hydrogens is 225 g/mol. The maximum atomic E-state index is 13.1. The molecule has 1 atom stereocenters. The summed E-state index contributed by atoms with van der Waals surface area (Å²) in [5, 5.41) is 0. The Labute approximate surface area is 110 Å². The summed E-state index contributed by atoms with van der Waals surface area (Å²) in [5.41, 5.74) is 2.45. The highest BCUT2D eigenvalue weighted by Crippen LogP contribution is 2.29. The van der Waals surface area contributed by atoms with E-state index in [1.165, 1.54) is 44.3 Å².